The van der Waals surface area contributed by atoms with Gasteiger partial charge in [-0.2, -0.15) is 0 Å². The molecule has 0 spiro atoms. The maximum Gasteiger partial charge on any atom is 0.302 e. The number of carbonyl (C=O) groups is 2. The van der Waals surface area contributed by atoms with Crippen LogP contribution in [0.5, 0.6) is 0 Å². The van der Waals surface area contributed by atoms with Crippen LogP contribution in [0, 0.1) is 0 Å². The van der Waals surface area contributed by atoms with E-state index in [9.17, 15) is 18.0 Å². The lowest BCUT2D eigenvalue weighted by Crippen LogP contribution is -2.59. The lowest BCUT2D eigenvalue weighted by Gasteiger charge is -2.44. The SMILES string of the molecule is COCC1=C(OCCOC(C)=O)CS(=O)(=O)[C@@H]2CC(=O)N12. The Morgan fingerprint density at radius 1 is 1.38 bits per heavy atom. The van der Waals surface area contributed by atoms with Crippen LogP contribution < -0.4 is 0 Å². The van der Waals surface area contributed by atoms with E-state index >= 15 is 0 Å². The average molecular weight is 319 g/mol. The molecule has 2 rings (SSSR count). The smallest absolute Gasteiger partial charge is 0.302 e. The highest BCUT2D eigenvalue weighted by Gasteiger charge is 2.51. The van der Waals surface area contributed by atoms with Crippen molar-refractivity contribution in [1.82, 2.24) is 4.90 Å². The molecule has 9 heteroatoms. The molecule has 1 amide bonds. The van der Waals surface area contributed by atoms with Gasteiger partial charge >= 0.3 is 5.97 Å². The molecule has 0 aliphatic carbocycles. The number of carbonyl (C=O) groups excluding carboxylic acids is 2. The zero-order valence-corrected chi connectivity index (χ0v) is 12.6. The minimum Gasteiger partial charge on any atom is -0.491 e. The maximum atomic E-state index is 12.1. The van der Waals surface area contributed by atoms with Crippen molar-refractivity contribution in [3.05, 3.63) is 11.5 Å². The van der Waals surface area contributed by atoms with Crippen molar-refractivity contribution in [2.75, 3.05) is 32.7 Å². The van der Waals surface area contributed by atoms with Crippen molar-refractivity contribution in [1.29, 1.82) is 0 Å². The molecular formula is C12H17NO7S. The molecule has 0 aromatic rings. The van der Waals surface area contributed by atoms with Crippen LogP contribution in [0.25, 0.3) is 0 Å². The van der Waals surface area contributed by atoms with Crippen LogP contribution in [0.4, 0.5) is 0 Å². The number of hydrogen-bond acceptors (Lipinski definition) is 7. The van der Waals surface area contributed by atoms with E-state index in [-0.39, 0.29) is 43.7 Å². The average Bonchev–Trinajstić information content (AvgIpc) is 2.37. The van der Waals surface area contributed by atoms with Gasteiger partial charge in [-0.15, -0.1) is 0 Å². The van der Waals surface area contributed by atoms with Gasteiger partial charge in [0.25, 0.3) is 0 Å². The highest BCUT2D eigenvalue weighted by molar-refractivity contribution is 7.92. The molecule has 2 heterocycles. The molecule has 0 aromatic heterocycles. The molecule has 1 atom stereocenters. The van der Waals surface area contributed by atoms with E-state index in [0.29, 0.717) is 5.70 Å². The second kappa shape index (κ2) is 6.02. The number of hydrogen-bond donors (Lipinski definition) is 0. The molecule has 21 heavy (non-hydrogen) atoms. The van der Waals surface area contributed by atoms with Crippen LogP contribution >= 0.6 is 0 Å². The molecule has 0 unspecified atom stereocenters. The third kappa shape index (κ3) is 3.18. The summed E-state index contributed by atoms with van der Waals surface area (Å²) in [6, 6.07) is 0. The van der Waals surface area contributed by atoms with Crippen molar-refractivity contribution < 1.29 is 32.2 Å². The summed E-state index contributed by atoms with van der Waals surface area (Å²) in [5, 5.41) is -0.809. The fourth-order valence-electron chi connectivity index (χ4n) is 2.26. The Bertz CT molecular complexity index is 580. The predicted molar refractivity (Wildman–Crippen MR) is 70.5 cm³/mol. The van der Waals surface area contributed by atoms with Crippen molar-refractivity contribution in [2.24, 2.45) is 0 Å². The minimum absolute atomic E-state index is 0.00370. The fourth-order valence-corrected chi connectivity index (χ4v) is 4.03. The summed E-state index contributed by atoms with van der Waals surface area (Å²) < 4.78 is 39.2. The van der Waals surface area contributed by atoms with E-state index in [4.69, 9.17) is 14.2 Å². The Balaban J connectivity index is 2.14. The molecule has 1 saturated heterocycles. The summed E-state index contributed by atoms with van der Waals surface area (Å²) in [5.41, 5.74) is 0.427. The minimum atomic E-state index is -3.45. The normalized spacial score (nSPS) is 23.4. The third-order valence-electron chi connectivity index (χ3n) is 3.21. The Labute approximate surface area is 122 Å². The van der Waals surface area contributed by atoms with E-state index in [0.717, 1.165) is 0 Å². The molecule has 8 nitrogen and oxygen atoms in total. The summed E-state index contributed by atoms with van der Waals surface area (Å²) in [4.78, 5) is 23.5. The number of ether oxygens (including phenoxy) is 3. The molecule has 0 N–H and O–H groups in total. The van der Waals surface area contributed by atoms with E-state index < -0.39 is 21.2 Å². The Morgan fingerprint density at radius 2 is 2.10 bits per heavy atom. The molecule has 0 aromatic carbocycles. The quantitative estimate of drug-likeness (QED) is 0.366. The molecule has 0 radical (unpaired) electrons. The second-order valence-corrected chi connectivity index (χ2v) is 6.88. The monoisotopic (exact) mass is 319 g/mol. The van der Waals surface area contributed by atoms with E-state index in [1.165, 1.54) is 18.9 Å². The number of amides is 1. The standard InChI is InChI=1S/C12H17NO7S/c1-8(14)19-3-4-20-10-7-21(16,17)12-5-11(15)13(12)9(10)6-18-2/h12H,3-7H2,1-2H3/t12-/m1/s1. The lowest BCUT2D eigenvalue weighted by atomic mass is 10.1. The molecule has 0 bridgehead atoms. The largest absolute Gasteiger partial charge is 0.491 e. The van der Waals surface area contributed by atoms with Gasteiger partial charge in [-0.1, -0.05) is 0 Å². The lowest BCUT2D eigenvalue weighted by molar-refractivity contribution is -0.142. The summed E-state index contributed by atoms with van der Waals surface area (Å²) in [6.45, 7) is 1.38. The van der Waals surface area contributed by atoms with Crippen LogP contribution in [0.3, 0.4) is 0 Å². The Hall–Kier alpha value is -1.61. The van der Waals surface area contributed by atoms with Gasteiger partial charge < -0.3 is 14.2 Å². The van der Waals surface area contributed by atoms with Crippen LogP contribution in [-0.4, -0.2) is 63.3 Å². The van der Waals surface area contributed by atoms with Crippen LogP contribution in [0.1, 0.15) is 13.3 Å². The number of fused-ring (bicyclic) bond motifs is 1. The zero-order chi connectivity index (χ0) is 15.6. The highest BCUT2D eigenvalue weighted by atomic mass is 32.2. The first-order valence-corrected chi connectivity index (χ1v) is 8.09. The van der Waals surface area contributed by atoms with Crippen molar-refractivity contribution in [3.8, 4) is 0 Å². The first-order chi connectivity index (χ1) is 9.86. The van der Waals surface area contributed by atoms with E-state index in [1.807, 2.05) is 0 Å². The first-order valence-electron chi connectivity index (χ1n) is 6.37. The van der Waals surface area contributed by atoms with Gasteiger partial charge in [-0.05, 0) is 0 Å². The summed E-state index contributed by atoms with van der Waals surface area (Å²) >= 11 is 0. The summed E-state index contributed by atoms with van der Waals surface area (Å²) in [5.74, 6) is -0.816. The third-order valence-corrected chi connectivity index (χ3v) is 5.08. The van der Waals surface area contributed by atoms with Gasteiger partial charge in [0, 0.05) is 14.0 Å². The van der Waals surface area contributed by atoms with Gasteiger partial charge in [0.2, 0.25) is 5.91 Å². The number of rotatable bonds is 6. The van der Waals surface area contributed by atoms with Gasteiger partial charge in [0.05, 0.1) is 18.7 Å². The first kappa shape index (κ1) is 15.8. The van der Waals surface area contributed by atoms with Crippen LogP contribution in [0.2, 0.25) is 0 Å². The molecule has 0 saturated carbocycles. The van der Waals surface area contributed by atoms with E-state index in [1.54, 1.807) is 0 Å². The maximum absolute atomic E-state index is 12.1. The van der Waals surface area contributed by atoms with E-state index in [2.05, 4.69) is 0 Å². The fraction of sp³-hybridized carbons (Fsp3) is 0.667. The van der Waals surface area contributed by atoms with Crippen LogP contribution in [-0.2, 0) is 33.6 Å². The molecule has 2 aliphatic heterocycles. The molecule has 1 fully saturated rings. The van der Waals surface area contributed by atoms with Crippen molar-refractivity contribution in [3.63, 3.8) is 0 Å². The summed E-state index contributed by atoms with van der Waals surface area (Å²) in [6.07, 6.45) is -0.00370. The number of methoxy groups -OCH3 is 1. The van der Waals surface area contributed by atoms with Gasteiger partial charge in [-0.25, -0.2) is 8.42 Å². The molecular weight excluding hydrogens is 302 g/mol. The van der Waals surface area contributed by atoms with Crippen molar-refractivity contribution >= 4 is 21.7 Å². The number of esters is 1. The number of sulfone groups is 1. The molecule has 118 valence electrons. The highest BCUT2D eigenvalue weighted by Crippen LogP contribution is 2.36. The Morgan fingerprint density at radius 3 is 2.67 bits per heavy atom. The molecule has 2 aliphatic rings. The van der Waals surface area contributed by atoms with Gasteiger partial charge in [-0.3, -0.25) is 14.5 Å². The second-order valence-electron chi connectivity index (χ2n) is 4.72. The topological polar surface area (TPSA) is 99.2 Å². The van der Waals surface area contributed by atoms with Crippen LogP contribution in [0.15, 0.2) is 11.5 Å². The Kier molecular flexibility index (Phi) is 4.52. The number of nitrogens with zero attached hydrogens (tertiary/aromatic N) is 1. The summed E-state index contributed by atoms with van der Waals surface area (Å²) in [7, 11) is -2.00. The van der Waals surface area contributed by atoms with Gasteiger partial charge in [0.1, 0.15) is 30.1 Å². The number of β-lactam (4-membered cyclic amide) rings is 1. The van der Waals surface area contributed by atoms with Crippen molar-refractivity contribution in [2.45, 2.75) is 18.7 Å². The van der Waals surface area contributed by atoms with Gasteiger partial charge in [0.15, 0.2) is 9.84 Å². The zero-order valence-electron chi connectivity index (χ0n) is 11.8. The predicted octanol–water partition coefficient (Wildman–Crippen LogP) is -0.589.